The molecule has 0 unspecified atom stereocenters. The summed E-state index contributed by atoms with van der Waals surface area (Å²) in [5.74, 6) is 0.807. The van der Waals surface area contributed by atoms with Gasteiger partial charge < -0.3 is 20.3 Å². The Morgan fingerprint density at radius 1 is 1.40 bits per heavy atom. The first kappa shape index (κ1) is 14.3. The van der Waals surface area contributed by atoms with Gasteiger partial charge in [0.2, 0.25) is 17.8 Å². The van der Waals surface area contributed by atoms with E-state index < -0.39 is 0 Å². The van der Waals surface area contributed by atoms with Crippen molar-refractivity contribution in [3.8, 4) is 6.01 Å². The average Bonchev–Trinajstić information content (AvgIpc) is 3.22. The Labute approximate surface area is 118 Å². The van der Waals surface area contributed by atoms with E-state index in [2.05, 4.69) is 25.6 Å². The number of carbonyl (C=O) groups is 1. The van der Waals surface area contributed by atoms with E-state index in [0.717, 1.165) is 12.8 Å². The van der Waals surface area contributed by atoms with Crippen molar-refractivity contribution in [3.63, 3.8) is 0 Å². The number of nitrogens with one attached hydrogen (secondary N) is 2. The van der Waals surface area contributed by atoms with Crippen LogP contribution in [0.5, 0.6) is 6.01 Å². The van der Waals surface area contributed by atoms with Crippen molar-refractivity contribution in [2.45, 2.75) is 25.8 Å². The molecule has 1 amide bonds. The summed E-state index contributed by atoms with van der Waals surface area (Å²) in [5, 5.41) is 5.93. The summed E-state index contributed by atoms with van der Waals surface area (Å²) in [4.78, 5) is 25.9. The van der Waals surface area contributed by atoms with Crippen LogP contribution in [-0.2, 0) is 4.79 Å². The zero-order valence-electron chi connectivity index (χ0n) is 12.0. The van der Waals surface area contributed by atoms with Crippen LogP contribution in [0.2, 0.25) is 0 Å². The highest BCUT2D eigenvalue weighted by Crippen LogP contribution is 2.18. The van der Waals surface area contributed by atoms with Gasteiger partial charge >= 0.3 is 6.01 Å². The first-order valence-corrected chi connectivity index (χ1v) is 6.66. The second kappa shape index (κ2) is 6.36. The highest BCUT2D eigenvalue weighted by molar-refractivity contribution is 5.81. The summed E-state index contributed by atoms with van der Waals surface area (Å²) < 4.78 is 5.04. The van der Waals surface area contributed by atoms with E-state index in [1.54, 1.807) is 11.9 Å². The van der Waals surface area contributed by atoms with Crippen molar-refractivity contribution >= 4 is 17.8 Å². The monoisotopic (exact) mass is 280 g/mol. The molecule has 8 heteroatoms. The molecule has 20 heavy (non-hydrogen) atoms. The molecular weight excluding hydrogens is 260 g/mol. The van der Waals surface area contributed by atoms with Crippen LogP contribution in [0.25, 0.3) is 0 Å². The van der Waals surface area contributed by atoms with Gasteiger partial charge in [-0.3, -0.25) is 4.79 Å². The van der Waals surface area contributed by atoms with Crippen molar-refractivity contribution in [1.82, 2.24) is 20.3 Å². The van der Waals surface area contributed by atoms with Crippen molar-refractivity contribution < 1.29 is 9.53 Å². The molecule has 1 aromatic rings. The first-order valence-electron chi connectivity index (χ1n) is 6.66. The SMILES string of the molecule is CCNc1nc(OC)nc(N(C)CC(=O)NC2CC2)n1. The quantitative estimate of drug-likeness (QED) is 0.727. The summed E-state index contributed by atoms with van der Waals surface area (Å²) in [7, 11) is 3.26. The Bertz CT molecular complexity index is 477. The number of anilines is 2. The lowest BCUT2D eigenvalue weighted by atomic mass is 10.5. The summed E-state index contributed by atoms with van der Waals surface area (Å²) in [6.45, 7) is 2.84. The number of ether oxygens (including phenoxy) is 1. The molecule has 0 aliphatic heterocycles. The molecule has 1 aromatic heterocycles. The van der Waals surface area contributed by atoms with Gasteiger partial charge in [0.15, 0.2) is 0 Å². The average molecular weight is 280 g/mol. The smallest absolute Gasteiger partial charge is 0.322 e. The van der Waals surface area contributed by atoms with Gasteiger partial charge in [-0.05, 0) is 19.8 Å². The molecule has 1 heterocycles. The van der Waals surface area contributed by atoms with Crippen molar-refractivity contribution in [3.05, 3.63) is 0 Å². The standard InChI is InChI=1S/C12H20N6O2/c1-4-13-10-15-11(17-12(16-10)20-3)18(2)7-9(19)14-8-5-6-8/h8H,4-7H2,1-3H3,(H,14,19)(H,13,15,16,17). The normalized spacial score (nSPS) is 13.8. The molecule has 1 aliphatic carbocycles. The van der Waals surface area contributed by atoms with E-state index >= 15 is 0 Å². The molecule has 2 N–H and O–H groups in total. The summed E-state index contributed by atoms with van der Waals surface area (Å²) in [6.07, 6.45) is 2.14. The molecule has 8 nitrogen and oxygen atoms in total. The maximum atomic E-state index is 11.8. The number of likely N-dealkylation sites (N-methyl/N-ethyl adjacent to an activating group) is 1. The highest BCUT2D eigenvalue weighted by Gasteiger charge is 2.24. The lowest BCUT2D eigenvalue weighted by Crippen LogP contribution is -2.37. The van der Waals surface area contributed by atoms with Crippen LogP contribution in [0.3, 0.4) is 0 Å². The van der Waals surface area contributed by atoms with E-state index in [0.29, 0.717) is 24.5 Å². The Kier molecular flexibility index (Phi) is 4.54. The van der Waals surface area contributed by atoms with Gasteiger partial charge in [0.1, 0.15) is 0 Å². The molecule has 0 aromatic carbocycles. The van der Waals surface area contributed by atoms with Gasteiger partial charge in [-0.15, -0.1) is 0 Å². The fourth-order valence-electron chi connectivity index (χ4n) is 1.63. The predicted molar refractivity (Wildman–Crippen MR) is 75.0 cm³/mol. The minimum atomic E-state index is -0.0284. The van der Waals surface area contributed by atoms with E-state index in [4.69, 9.17) is 4.74 Å². The van der Waals surface area contributed by atoms with E-state index in [1.165, 1.54) is 7.11 Å². The maximum absolute atomic E-state index is 11.8. The molecule has 0 atom stereocenters. The number of aromatic nitrogens is 3. The first-order chi connectivity index (χ1) is 9.62. The number of nitrogens with zero attached hydrogens (tertiary/aromatic N) is 4. The number of amides is 1. The lowest BCUT2D eigenvalue weighted by molar-refractivity contribution is -0.119. The van der Waals surface area contributed by atoms with Crippen LogP contribution >= 0.6 is 0 Å². The van der Waals surface area contributed by atoms with Crippen molar-refractivity contribution in [2.75, 3.05) is 37.5 Å². The van der Waals surface area contributed by atoms with Gasteiger partial charge in [0, 0.05) is 19.6 Å². The second-order valence-corrected chi connectivity index (χ2v) is 4.67. The minimum absolute atomic E-state index is 0.0284. The summed E-state index contributed by atoms with van der Waals surface area (Å²) in [5.41, 5.74) is 0. The van der Waals surface area contributed by atoms with Crippen LogP contribution in [-0.4, -0.2) is 54.1 Å². The number of rotatable bonds is 7. The van der Waals surface area contributed by atoms with E-state index in [1.807, 2.05) is 6.92 Å². The number of hydrogen-bond donors (Lipinski definition) is 2. The zero-order chi connectivity index (χ0) is 14.5. The Morgan fingerprint density at radius 2 is 2.15 bits per heavy atom. The van der Waals surface area contributed by atoms with Crippen molar-refractivity contribution in [1.29, 1.82) is 0 Å². The molecule has 0 bridgehead atoms. The molecular formula is C12H20N6O2. The van der Waals surface area contributed by atoms with Crippen LogP contribution in [0.4, 0.5) is 11.9 Å². The Morgan fingerprint density at radius 3 is 2.75 bits per heavy atom. The Balaban J connectivity index is 2.04. The van der Waals surface area contributed by atoms with Gasteiger partial charge in [-0.25, -0.2) is 0 Å². The molecule has 0 saturated heterocycles. The number of methoxy groups -OCH3 is 1. The fraction of sp³-hybridized carbons (Fsp3) is 0.667. The van der Waals surface area contributed by atoms with E-state index in [9.17, 15) is 4.79 Å². The van der Waals surface area contributed by atoms with Gasteiger partial charge in [-0.2, -0.15) is 15.0 Å². The third-order valence-electron chi connectivity index (χ3n) is 2.79. The second-order valence-electron chi connectivity index (χ2n) is 4.67. The zero-order valence-corrected chi connectivity index (χ0v) is 12.0. The third kappa shape index (κ3) is 3.94. The van der Waals surface area contributed by atoms with Crippen LogP contribution < -0.4 is 20.3 Å². The minimum Gasteiger partial charge on any atom is -0.467 e. The maximum Gasteiger partial charge on any atom is 0.322 e. The molecule has 1 aliphatic rings. The predicted octanol–water partition coefficient (Wildman–Crippen LogP) is 0.0268. The molecule has 1 fully saturated rings. The van der Waals surface area contributed by atoms with Crippen LogP contribution in [0.15, 0.2) is 0 Å². The summed E-state index contributed by atoms with van der Waals surface area (Å²) >= 11 is 0. The van der Waals surface area contributed by atoms with Crippen molar-refractivity contribution in [2.24, 2.45) is 0 Å². The van der Waals surface area contributed by atoms with Gasteiger partial charge in [0.05, 0.1) is 13.7 Å². The van der Waals surface area contributed by atoms with Crippen LogP contribution in [0.1, 0.15) is 19.8 Å². The molecule has 2 rings (SSSR count). The Hall–Kier alpha value is -2.12. The molecule has 0 radical (unpaired) electrons. The largest absolute Gasteiger partial charge is 0.467 e. The van der Waals surface area contributed by atoms with Crippen LogP contribution in [0, 0.1) is 0 Å². The fourth-order valence-corrected chi connectivity index (χ4v) is 1.63. The molecule has 110 valence electrons. The number of hydrogen-bond acceptors (Lipinski definition) is 7. The van der Waals surface area contributed by atoms with Gasteiger partial charge in [-0.1, -0.05) is 0 Å². The topological polar surface area (TPSA) is 92.3 Å². The molecule has 1 saturated carbocycles. The lowest BCUT2D eigenvalue weighted by Gasteiger charge is -2.17. The highest BCUT2D eigenvalue weighted by atomic mass is 16.5. The third-order valence-corrected chi connectivity index (χ3v) is 2.79. The van der Waals surface area contributed by atoms with Gasteiger partial charge in [0.25, 0.3) is 0 Å². The number of carbonyl (C=O) groups excluding carboxylic acids is 1. The van der Waals surface area contributed by atoms with E-state index in [-0.39, 0.29) is 18.5 Å². The molecule has 0 spiro atoms. The summed E-state index contributed by atoms with van der Waals surface area (Å²) in [6, 6.07) is 0.571.